The van der Waals surface area contributed by atoms with Crippen molar-refractivity contribution in [3.05, 3.63) is 35.1 Å². The minimum absolute atomic E-state index is 0. The van der Waals surface area contributed by atoms with Crippen LogP contribution in [0.2, 0.25) is 0 Å². The third-order valence-corrected chi connectivity index (χ3v) is 2.69. The number of aliphatic hydroxyl groups excluding tert-OH is 3. The maximum absolute atomic E-state index is 11.6. The minimum atomic E-state index is -1.39. The van der Waals surface area contributed by atoms with E-state index in [0.29, 0.717) is 0 Å². The van der Waals surface area contributed by atoms with Gasteiger partial charge in [0.25, 0.3) is 0 Å². The molecule has 2 heterocycles. The van der Waals surface area contributed by atoms with Gasteiger partial charge in [-0.2, -0.15) is 4.98 Å². The van der Waals surface area contributed by atoms with Gasteiger partial charge >= 0.3 is 5.69 Å². The third kappa shape index (κ3) is 2.71. The second-order valence-electron chi connectivity index (χ2n) is 3.96. The molecule has 0 bridgehead atoms. The molecule has 0 spiro atoms. The lowest BCUT2D eigenvalue weighted by Crippen LogP contribution is -2.35. The Hall–Kier alpha value is -1.61. The van der Waals surface area contributed by atoms with E-state index in [4.69, 9.17) is 10.5 Å². The SMILES string of the molecule is C=C(O)[C@H]1O[C@@H](n2ccc(N)nc2=O)[C@H](O)[C@@H]1O.Cl. The summed E-state index contributed by atoms with van der Waals surface area (Å²) in [6.45, 7) is 3.22. The van der Waals surface area contributed by atoms with E-state index in [9.17, 15) is 20.1 Å². The van der Waals surface area contributed by atoms with Gasteiger partial charge in [-0.1, -0.05) is 6.58 Å². The highest BCUT2D eigenvalue weighted by molar-refractivity contribution is 5.85. The summed E-state index contributed by atoms with van der Waals surface area (Å²) in [5.74, 6) is -0.395. The molecule has 1 aliphatic heterocycles. The molecule has 4 atom stereocenters. The molecule has 0 amide bonds. The van der Waals surface area contributed by atoms with E-state index in [1.807, 2.05) is 0 Å². The van der Waals surface area contributed by atoms with Crippen molar-refractivity contribution in [3.8, 4) is 0 Å². The van der Waals surface area contributed by atoms with Gasteiger partial charge in [-0.3, -0.25) is 4.57 Å². The van der Waals surface area contributed by atoms with Crippen molar-refractivity contribution >= 4 is 18.2 Å². The first kappa shape index (κ1) is 15.4. The predicted octanol–water partition coefficient (Wildman–Crippen LogP) is -1.06. The molecule has 2 rings (SSSR count). The first-order valence-electron chi connectivity index (χ1n) is 5.16. The molecule has 0 saturated carbocycles. The molecule has 0 radical (unpaired) electrons. The molecule has 1 aromatic rings. The van der Waals surface area contributed by atoms with Gasteiger partial charge in [0.2, 0.25) is 0 Å². The lowest BCUT2D eigenvalue weighted by Gasteiger charge is -2.16. The van der Waals surface area contributed by atoms with Crippen LogP contribution in [0.15, 0.2) is 29.4 Å². The highest BCUT2D eigenvalue weighted by Crippen LogP contribution is 2.30. The Morgan fingerprint density at radius 3 is 2.58 bits per heavy atom. The highest BCUT2D eigenvalue weighted by Gasteiger charge is 2.45. The monoisotopic (exact) mass is 291 g/mol. The van der Waals surface area contributed by atoms with Crippen LogP contribution in [-0.4, -0.2) is 43.2 Å². The molecule has 1 fully saturated rings. The summed E-state index contributed by atoms with van der Waals surface area (Å²) in [7, 11) is 0. The number of aliphatic hydroxyl groups is 3. The Kier molecular flexibility index (Phi) is 4.53. The fourth-order valence-corrected chi connectivity index (χ4v) is 1.78. The molecule has 19 heavy (non-hydrogen) atoms. The van der Waals surface area contributed by atoms with E-state index >= 15 is 0 Å². The van der Waals surface area contributed by atoms with E-state index < -0.39 is 36.0 Å². The molecule has 0 aromatic carbocycles. The normalized spacial score (nSPS) is 29.8. The Balaban J connectivity index is 0.00000180. The van der Waals surface area contributed by atoms with Gasteiger partial charge < -0.3 is 25.8 Å². The molecule has 5 N–H and O–H groups in total. The zero-order valence-electron chi connectivity index (χ0n) is 9.71. The van der Waals surface area contributed by atoms with Crippen LogP contribution in [0.1, 0.15) is 6.23 Å². The number of nitrogen functional groups attached to an aromatic ring is 1. The fourth-order valence-electron chi connectivity index (χ4n) is 1.78. The molecular weight excluding hydrogens is 278 g/mol. The van der Waals surface area contributed by atoms with Crippen molar-refractivity contribution in [2.24, 2.45) is 0 Å². The van der Waals surface area contributed by atoms with Crippen molar-refractivity contribution in [1.29, 1.82) is 0 Å². The number of rotatable bonds is 2. The van der Waals surface area contributed by atoms with Crippen LogP contribution in [0, 0.1) is 0 Å². The number of aromatic nitrogens is 2. The zero-order chi connectivity index (χ0) is 13.4. The Labute approximate surface area is 114 Å². The number of nitrogens with zero attached hydrogens (tertiary/aromatic N) is 2. The average Bonchev–Trinajstić information content (AvgIpc) is 2.57. The summed E-state index contributed by atoms with van der Waals surface area (Å²) in [5, 5.41) is 28.6. The number of halogens is 1. The van der Waals surface area contributed by atoms with Gasteiger partial charge in [0, 0.05) is 6.20 Å². The van der Waals surface area contributed by atoms with Gasteiger partial charge in [-0.05, 0) is 6.07 Å². The lowest BCUT2D eigenvalue weighted by atomic mass is 10.1. The largest absolute Gasteiger partial charge is 0.510 e. The Morgan fingerprint density at radius 1 is 1.47 bits per heavy atom. The first-order valence-corrected chi connectivity index (χ1v) is 5.16. The summed E-state index contributed by atoms with van der Waals surface area (Å²) in [5.41, 5.74) is 4.61. The van der Waals surface area contributed by atoms with Gasteiger partial charge in [-0.15, -0.1) is 12.4 Å². The molecule has 0 aliphatic carbocycles. The summed E-state index contributed by atoms with van der Waals surface area (Å²) >= 11 is 0. The van der Waals surface area contributed by atoms with E-state index in [0.717, 1.165) is 4.57 Å². The maximum Gasteiger partial charge on any atom is 0.351 e. The van der Waals surface area contributed by atoms with E-state index in [2.05, 4.69) is 11.6 Å². The predicted molar refractivity (Wildman–Crippen MR) is 67.8 cm³/mol. The molecule has 1 saturated heterocycles. The van der Waals surface area contributed by atoms with Crippen molar-refractivity contribution in [2.45, 2.75) is 24.5 Å². The number of nitrogens with two attached hydrogens (primary N) is 1. The van der Waals surface area contributed by atoms with Gasteiger partial charge in [0.1, 0.15) is 29.9 Å². The van der Waals surface area contributed by atoms with Crippen LogP contribution in [0.4, 0.5) is 5.82 Å². The van der Waals surface area contributed by atoms with E-state index in [1.165, 1.54) is 12.3 Å². The maximum atomic E-state index is 11.6. The van der Waals surface area contributed by atoms with E-state index in [1.54, 1.807) is 0 Å². The van der Waals surface area contributed by atoms with Gasteiger partial charge in [0.15, 0.2) is 6.23 Å². The molecule has 9 heteroatoms. The third-order valence-electron chi connectivity index (χ3n) is 2.69. The van der Waals surface area contributed by atoms with Crippen molar-refractivity contribution in [3.63, 3.8) is 0 Å². The number of hydrogen-bond acceptors (Lipinski definition) is 7. The van der Waals surface area contributed by atoms with Gasteiger partial charge in [-0.25, -0.2) is 4.79 Å². The van der Waals surface area contributed by atoms with Crippen LogP contribution < -0.4 is 11.4 Å². The summed E-state index contributed by atoms with van der Waals surface area (Å²) < 4.78 is 6.17. The van der Waals surface area contributed by atoms with Crippen LogP contribution in [0.5, 0.6) is 0 Å². The minimum Gasteiger partial charge on any atom is -0.510 e. The smallest absolute Gasteiger partial charge is 0.351 e. The van der Waals surface area contributed by atoms with Crippen LogP contribution in [-0.2, 0) is 4.74 Å². The van der Waals surface area contributed by atoms with E-state index in [-0.39, 0.29) is 18.2 Å². The van der Waals surface area contributed by atoms with Crippen molar-refractivity contribution < 1.29 is 20.1 Å². The molecule has 1 aliphatic rings. The van der Waals surface area contributed by atoms with Crippen LogP contribution in [0.25, 0.3) is 0 Å². The van der Waals surface area contributed by atoms with Gasteiger partial charge in [0.05, 0.1) is 0 Å². The molecule has 0 unspecified atom stereocenters. The standard InChI is InChI=1S/C10H13N3O5.ClH/c1-4(14)8-6(15)7(16)9(18-8)13-3-2-5(11)12-10(13)17;/h2-3,6-9,14-16H,1H2,(H2,11,12,17);1H/t6-,7+,8+,9+;/m0./s1. The molecular formula is C10H14ClN3O5. The van der Waals surface area contributed by atoms with Crippen molar-refractivity contribution in [1.82, 2.24) is 9.55 Å². The first-order chi connectivity index (χ1) is 8.41. The van der Waals surface area contributed by atoms with Crippen LogP contribution >= 0.6 is 12.4 Å². The number of hydrogen-bond donors (Lipinski definition) is 4. The molecule has 106 valence electrons. The number of ether oxygens (including phenoxy) is 1. The van der Waals surface area contributed by atoms with Crippen molar-refractivity contribution in [2.75, 3.05) is 5.73 Å². The molecule has 8 nitrogen and oxygen atoms in total. The fraction of sp³-hybridized carbons (Fsp3) is 0.400. The average molecular weight is 292 g/mol. The summed E-state index contributed by atoms with van der Waals surface area (Å²) in [6.07, 6.45) is -3.80. The summed E-state index contributed by atoms with van der Waals surface area (Å²) in [4.78, 5) is 15.0. The topological polar surface area (TPSA) is 131 Å². The van der Waals surface area contributed by atoms with Crippen LogP contribution in [0.3, 0.4) is 0 Å². The highest BCUT2D eigenvalue weighted by atomic mass is 35.5. The summed E-state index contributed by atoms with van der Waals surface area (Å²) in [6, 6.07) is 1.35. The Bertz CT molecular complexity index is 534. The second kappa shape index (κ2) is 5.57. The second-order valence-corrected chi connectivity index (χ2v) is 3.96. The quantitative estimate of drug-likeness (QED) is 0.511. The Morgan fingerprint density at radius 2 is 2.11 bits per heavy atom. The lowest BCUT2D eigenvalue weighted by molar-refractivity contribution is -0.0386. The zero-order valence-corrected chi connectivity index (χ0v) is 10.5. The number of anilines is 1. The molecule has 1 aromatic heterocycles.